The molecule has 4 nitrogen and oxygen atoms in total. The second kappa shape index (κ2) is 5.16. The first-order chi connectivity index (χ1) is 8.50. The molecule has 0 aromatic heterocycles. The average Bonchev–Trinajstić information content (AvgIpc) is 2.78. The Morgan fingerprint density at radius 2 is 2.22 bits per heavy atom. The number of rotatable bonds is 3. The van der Waals surface area contributed by atoms with Crippen molar-refractivity contribution in [1.82, 2.24) is 4.90 Å². The molecule has 0 radical (unpaired) electrons. The highest BCUT2D eigenvalue weighted by atomic mass is 35.5. The van der Waals surface area contributed by atoms with Crippen molar-refractivity contribution in [2.45, 2.75) is 12.5 Å². The van der Waals surface area contributed by atoms with E-state index < -0.39 is 5.91 Å². The lowest BCUT2D eigenvalue weighted by Crippen LogP contribution is -2.31. The van der Waals surface area contributed by atoms with Crippen LogP contribution in [0.4, 0.5) is 5.69 Å². The molecule has 1 amide bonds. The van der Waals surface area contributed by atoms with Crippen LogP contribution in [-0.2, 0) is 0 Å². The molecular weight excluding hydrogens is 250 g/mol. The van der Waals surface area contributed by atoms with Gasteiger partial charge >= 0.3 is 0 Å². The summed E-state index contributed by atoms with van der Waals surface area (Å²) in [6.45, 7) is 1.87. The number of nitrogens with two attached hydrogens (primary N) is 1. The van der Waals surface area contributed by atoms with Gasteiger partial charge in [-0.2, -0.15) is 0 Å². The maximum absolute atomic E-state index is 11.3. The van der Waals surface area contributed by atoms with Gasteiger partial charge in [-0.3, -0.25) is 4.79 Å². The van der Waals surface area contributed by atoms with Crippen molar-refractivity contribution in [1.29, 1.82) is 0 Å². The lowest BCUT2D eigenvalue weighted by molar-refractivity contribution is 0.100. The number of nitrogens with zero attached hydrogens (tertiary/aromatic N) is 2. The van der Waals surface area contributed by atoms with E-state index in [0.717, 1.165) is 25.2 Å². The standard InChI is InChI=1S/C13H18ClN3O/c1-16(2)9-6-7-17(8-9)11-5-3-4-10(12(11)14)13(15)18/h3-5,9H,6-8H2,1-2H3,(H2,15,18). The summed E-state index contributed by atoms with van der Waals surface area (Å²) in [5.41, 5.74) is 6.60. The molecule has 1 aromatic rings. The van der Waals surface area contributed by atoms with Gasteiger partial charge in [0, 0.05) is 19.1 Å². The number of halogens is 1. The fourth-order valence-corrected chi connectivity index (χ4v) is 2.68. The Bertz CT molecular complexity index is 462. The molecule has 0 aliphatic carbocycles. The molecule has 1 aromatic carbocycles. The predicted molar refractivity (Wildman–Crippen MR) is 74.3 cm³/mol. The molecule has 2 N–H and O–H groups in total. The fourth-order valence-electron chi connectivity index (χ4n) is 2.34. The Morgan fingerprint density at radius 3 is 2.78 bits per heavy atom. The Hall–Kier alpha value is -1.26. The van der Waals surface area contributed by atoms with E-state index in [-0.39, 0.29) is 0 Å². The van der Waals surface area contributed by atoms with Crippen molar-refractivity contribution in [3.63, 3.8) is 0 Å². The van der Waals surface area contributed by atoms with Crippen molar-refractivity contribution in [2.24, 2.45) is 5.73 Å². The molecule has 1 aliphatic heterocycles. The first-order valence-corrected chi connectivity index (χ1v) is 6.38. The first-order valence-electron chi connectivity index (χ1n) is 6.00. The number of hydrogen-bond donors (Lipinski definition) is 1. The molecular formula is C13H18ClN3O. The molecule has 1 saturated heterocycles. The minimum Gasteiger partial charge on any atom is -0.369 e. The molecule has 0 bridgehead atoms. The average molecular weight is 268 g/mol. The Kier molecular flexibility index (Phi) is 3.78. The van der Waals surface area contributed by atoms with Gasteiger partial charge < -0.3 is 15.5 Å². The highest BCUT2D eigenvalue weighted by Crippen LogP contribution is 2.31. The third-order valence-corrected chi connectivity index (χ3v) is 3.88. The number of benzene rings is 1. The summed E-state index contributed by atoms with van der Waals surface area (Å²) >= 11 is 6.26. The SMILES string of the molecule is CN(C)C1CCN(c2cccc(C(N)=O)c2Cl)C1. The zero-order chi connectivity index (χ0) is 13.3. The third-order valence-electron chi connectivity index (χ3n) is 3.48. The summed E-state index contributed by atoms with van der Waals surface area (Å²) in [5.74, 6) is -0.481. The summed E-state index contributed by atoms with van der Waals surface area (Å²) in [6.07, 6.45) is 1.10. The molecule has 18 heavy (non-hydrogen) atoms. The summed E-state index contributed by atoms with van der Waals surface area (Å²) in [4.78, 5) is 15.7. The zero-order valence-electron chi connectivity index (χ0n) is 10.7. The smallest absolute Gasteiger partial charge is 0.250 e. The molecule has 0 spiro atoms. The van der Waals surface area contributed by atoms with E-state index in [2.05, 4.69) is 23.9 Å². The van der Waals surface area contributed by atoms with Gasteiger partial charge in [-0.25, -0.2) is 0 Å². The number of primary amides is 1. The van der Waals surface area contributed by atoms with Crippen molar-refractivity contribution in [3.05, 3.63) is 28.8 Å². The van der Waals surface area contributed by atoms with E-state index in [1.807, 2.05) is 12.1 Å². The lowest BCUT2D eigenvalue weighted by atomic mass is 10.2. The molecule has 1 atom stereocenters. The van der Waals surface area contributed by atoms with Crippen LogP contribution in [0, 0.1) is 0 Å². The van der Waals surface area contributed by atoms with Crippen LogP contribution in [0.15, 0.2) is 18.2 Å². The van der Waals surface area contributed by atoms with Gasteiger partial charge in [-0.1, -0.05) is 17.7 Å². The van der Waals surface area contributed by atoms with Crippen molar-refractivity contribution in [3.8, 4) is 0 Å². The van der Waals surface area contributed by atoms with Crippen LogP contribution in [0.3, 0.4) is 0 Å². The van der Waals surface area contributed by atoms with Crippen molar-refractivity contribution in [2.75, 3.05) is 32.1 Å². The highest BCUT2D eigenvalue weighted by molar-refractivity contribution is 6.36. The molecule has 2 rings (SSSR count). The number of carbonyl (C=O) groups excluding carboxylic acids is 1. The van der Waals surface area contributed by atoms with Crippen LogP contribution >= 0.6 is 11.6 Å². The topological polar surface area (TPSA) is 49.6 Å². The van der Waals surface area contributed by atoms with E-state index in [1.54, 1.807) is 6.07 Å². The number of amides is 1. The van der Waals surface area contributed by atoms with Crippen LogP contribution in [-0.4, -0.2) is 44.0 Å². The zero-order valence-corrected chi connectivity index (χ0v) is 11.4. The summed E-state index contributed by atoms with van der Waals surface area (Å²) in [6, 6.07) is 5.95. The second-order valence-electron chi connectivity index (χ2n) is 4.86. The lowest BCUT2D eigenvalue weighted by Gasteiger charge is -2.23. The number of likely N-dealkylation sites (N-methyl/N-ethyl adjacent to an activating group) is 1. The van der Waals surface area contributed by atoms with Gasteiger partial charge in [0.25, 0.3) is 0 Å². The van der Waals surface area contributed by atoms with Gasteiger partial charge in [0.05, 0.1) is 16.3 Å². The third kappa shape index (κ3) is 2.44. The van der Waals surface area contributed by atoms with Crippen LogP contribution in [0.1, 0.15) is 16.8 Å². The Labute approximate surface area is 112 Å². The predicted octanol–water partition coefficient (Wildman–Crippen LogP) is 1.58. The number of hydrogen-bond acceptors (Lipinski definition) is 3. The molecule has 1 unspecified atom stereocenters. The van der Waals surface area contributed by atoms with Gasteiger partial charge in [0.15, 0.2) is 0 Å². The quantitative estimate of drug-likeness (QED) is 0.905. The second-order valence-corrected chi connectivity index (χ2v) is 5.23. The van der Waals surface area contributed by atoms with Crippen LogP contribution in [0.25, 0.3) is 0 Å². The van der Waals surface area contributed by atoms with Crippen molar-refractivity contribution < 1.29 is 4.79 Å². The Morgan fingerprint density at radius 1 is 1.50 bits per heavy atom. The van der Waals surface area contributed by atoms with E-state index in [4.69, 9.17) is 17.3 Å². The first kappa shape index (κ1) is 13.2. The van der Waals surface area contributed by atoms with E-state index in [0.29, 0.717) is 16.6 Å². The Balaban J connectivity index is 2.25. The van der Waals surface area contributed by atoms with Gasteiger partial charge in [0.1, 0.15) is 0 Å². The van der Waals surface area contributed by atoms with Crippen LogP contribution in [0.5, 0.6) is 0 Å². The van der Waals surface area contributed by atoms with E-state index >= 15 is 0 Å². The van der Waals surface area contributed by atoms with Gasteiger partial charge in [-0.15, -0.1) is 0 Å². The molecule has 1 fully saturated rings. The molecule has 5 heteroatoms. The normalized spacial score (nSPS) is 19.6. The minimum atomic E-state index is -0.481. The summed E-state index contributed by atoms with van der Waals surface area (Å²) in [7, 11) is 4.16. The van der Waals surface area contributed by atoms with Gasteiger partial charge in [-0.05, 0) is 32.6 Å². The maximum atomic E-state index is 11.3. The van der Waals surface area contributed by atoms with Crippen LogP contribution in [0.2, 0.25) is 5.02 Å². The maximum Gasteiger partial charge on any atom is 0.250 e. The molecule has 1 aliphatic rings. The van der Waals surface area contributed by atoms with Crippen LogP contribution < -0.4 is 10.6 Å². The number of anilines is 1. The number of carbonyl (C=O) groups is 1. The van der Waals surface area contributed by atoms with E-state index in [9.17, 15) is 4.79 Å². The summed E-state index contributed by atoms with van der Waals surface area (Å²) < 4.78 is 0. The molecule has 98 valence electrons. The molecule has 1 heterocycles. The monoisotopic (exact) mass is 267 g/mol. The van der Waals surface area contributed by atoms with Gasteiger partial charge in [0.2, 0.25) is 5.91 Å². The minimum absolute atomic E-state index is 0.391. The van der Waals surface area contributed by atoms with E-state index in [1.165, 1.54) is 0 Å². The summed E-state index contributed by atoms with van der Waals surface area (Å²) in [5, 5.41) is 0.462. The van der Waals surface area contributed by atoms with Crippen molar-refractivity contribution >= 4 is 23.2 Å². The highest BCUT2D eigenvalue weighted by Gasteiger charge is 2.26. The fraction of sp³-hybridized carbons (Fsp3) is 0.462. The molecule has 0 saturated carbocycles. The largest absolute Gasteiger partial charge is 0.369 e.